The van der Waals surface area contributed by atoms with E-state index in [1.165, 1.54) is 0 Å². The third-order valence-electron chi connectivity index (χ3n) is 3.22. The number of para-hydroxylation sites is 1. The Morgan fingerprint density at radius 3 is 2.45 bits per heavy atom. The van der Waals surface area contributed by atoms with Crippen molar-refractivity contribution < 1.29 is 4.74 Å². The summed E-state index contributed by atoms with van der Waals surface area (Å²) in [4.78, 5) is 0. The summed E-state index contributed by atoms with van der Waals surface area (Å²) in [6, 6.07) is 12.4. The van der Waals surface area contributed by atoms with Crippen LogP contribution in [-0.2, 0) is 6.54 Å². The normalized spacial score (nSPS) is 10.6. The van der Waals surface area contributed by atoms with Crippen LogP contribution in [0.4, 0.5) is 0 Å². The van der Waals surface area contributed by atoms with Crippen molar-refractivity contribution in [1.82, 2.24) is 5.32 Å². The van der Waals surface area contributed by atoms with Gasteiger partial charge in [-0.15, -0.1) is 0 Å². The van der Waals surface area contributed by atoms with Crippen molar-refractivity contribution in [3.8, 4) is 11.5 Å². The number of nitrogens with one attached hydrogen (secondary N) is 1. The lowest BCUT2D eigenvalue weighted by Gasteiger charge is -2.15. The molecule has 0 bridgehead atoms. The summed E-state index contributed by atoms with van der Waals surface area (Å²) >= 11 is 3.51. The van der Waals surface area contributed by atoms with Crippen molar-refractivity contribution in [1.29, 1.82) is 0 Å². The van der Waals surface area contributed by atoms with Crippen molar-refractivity contribution in [3.05, 3.63) is 57.6 Å². The summed E-state index contributed by atoms with van der Waals surface area (Å²) in [5.74, 6) is 1.85. The monoisotopic (exact) mass is 333 g/mol. The molecule has 106 valence electrons. The number of benzene rings is 2. The molecule has 0 unspecified atom stereocenters. The topological polar surface area (TPSA) is 21.3 Å². The molecule has 0 aromatic heterocycles. The van der Waals surface area contributed by atoms with Gasteiger partial charge in [0.1, 0.15) is 11.5 Å². The maximum atomic E-state index is 6.18. The van der Waals surface area contributed by atoms with Gasteiger partial charge in [-0.3, -0.25) is 0 Å². The second-order valence-electron chi connectivity index (χ2n) is 4.86. The molecule has 0 aliphatic carbocycles. The predicted octanol–water partition coefficient (Wildman–Crippen LogP) is 4.97. The molecular weight excluding hydrogens is 314 g/mol. The Labute approximate surface area is 129 Å². The van der Waals surface area contributed by atoms with E-state index in [-0.39, 0.29) is 0 Å². The molecule has 0 aliphatic rings. The van der Waals surface area contributed by atoms with E-state index in [1.54, 1.807) is 0 Å². The number of aryl methyl sites for hydroxylation is 2. The Morgan fingerprint density at radius 2 is 1.80 bits per heavy atom. The minimum Gasteiger partial charge on any atom is -0.456 e. The maximum Gasteiger partial charge on any atom is 0.133 e. The van der Waals surface area contributed by atoms with E-state index in [2.05, 4.69) is 66.3 Å². The first-order valence-corrected chi connectivity index (χ1v) is 7.64. The average Bonchev–Trinajstić information content (AvgIpc) is 2.42. The summed E-state index contributed by atoms with van der Waals surface area (Å²) in [5, 5.41) is 3.34. The Hall–Kier alpha value is -1.32. The van der Waals surface area contributed by atoms with Crippen LogP contribution in [0.15, 0.2) is 40.9 Å². The predicted molar refractivity (Wildman–Crippen MR) is 87.5 cm³/mol. The van der Waals surface area contributed by atoms with Crippen molar-refractivity contribution in [2.45, 2.75) is 27.3 Å². The minimum atomic E-state index is 0.810. The van der Waals surface area contributed by atoms with Crippen molar-refractivity contribution >= 4 is 15.9 Å². The second-order valence-corrected chi connectivity index (χ2v) is 5.77. The van der Waals surface area contributed by atoms with Crippen molar-refractivity contribution in [3.63, 3.8) is 0 Å². The van der Waals surface area contributed by atoms with Gasteiger partial charge < -0.3 is 10.1 Å². The fourth-order valence-electron chi connectivity index (χ4n) is 2.10. The zero-order valence-electron chi connectivity index (χ0n) is 12.2. The zero-order valence-corrected chi connectivity index (χ0v) is 13.8. The first kappa shape index (κ1) is 15.1. The molecule has 3 heteroatoms. The van der Waals surface area contributed by atoms with Crippen LogP contribution in [0.2, 0.25) is 0 Å². The highest BCUT2D eigenvalue weighted by atomic mass is 79.9. The summed E-state index contributed by atoms with van der Waals surface area (Å²) in [6.07, 6.45) is 0. The summed E-state index contributed by atoms with van der Waals surface area (Å²) in [5.41, 5.74) is 3.47. The standard InChI is InChI=1S/C17H20BrNO/c1-4-19-11-14-8-9-15(18)10-16(14)20-17-12(2)6-5-7-13(17)3/h5-10,19H,4,11H2,1-3H3. The number of ether oxygens (including phenoxy) is 1. The van der Waals surface area contributed by atoms with Gasteiger partial charge in [0.25, 0.3) is 0 Å². The maximum absolute atomic E-state index is 6.18. The fraction of sp³-hybridized carbons (Fsp3) is 0.294. The average molecular weight is 334 g/mol. The SMILES string of the molecule is CCNCc1ccc(Br)cc1Oc1c(C)cccc1C. The van der Waals surface area contributed by atoms with Crippen LogP contribution in [-0.4, -0.2) is 6.54 Å². The van der Waals surface area contributed by atoms with Crippen LogP contribution in [0.1, 0.15) is 23.6 Å². The van der Waals surface area contributed by atoms with Crippen LogP contribution in [0.25, 0.3) is 0 Å². The Morgan fingerprint density at radius 1 is 1.10 bits per heavy atom. The first-order chi connectivity index (χ1) is 9.61. The number of halogens is 1. The number of hydrogen-bond donors (Lipinski definition) is 1. The Kier molecular flexibility index (Phi) is 5.21. The lowest BCUT2D eigenvalue weighted by atomic mass is 10.1. The lowest BCUT2D eigenvalue weighted by molar-refractivity contribution is 0.466. The van der Waals surface area contributed by atoms with Gasteiger partial charge in [0.15, 0.2) is 0 Å². The van der Waals surface area contributed by atoms with E-state index in [0.717, 1.165) is 45.8 Å². The van der Waals surface area contributed by atoms with Gasteiger partial charge in [-0.1, -0.05) is 47.1 Å². The molecule has 0 saturated heterocycles. The third-order valence-corrected chi connectivity index (χ3v) is 3.71. The van der Waals surface area contributed by atoms with Crippen LogP contribution in [0, 0.1) is 13.8 Å². The third kappa shape index (κ3) is 3.62. The molecule has 0 saturated carbocycles. The largest absolute Gasteiger partial charge is 0.456 e. The molecule has 2 aromatic rings. The number of hydrogen-bond acceptors (Lipinski definition) is 2. The van der Waals surface area contributed by atoms with Gasteiger partial charge in [0.05, 0.1) is 0 Å². The van der Waals surface area contributed by atoms with Crippen LogP contribution in [0.3, 0.4) is 0 Å². The van der Waals surface area contributed by atoms with Gasteiger partial charge in [0, 0.05) is 16.6 Å². The molecule has 0 atom stereocenters. The molecule has 2 nitrogen and oxygen atoms in total. The summed E-state index contributed by atoms with van der Waals surface area (Å²) in [6.45, 7) is 8.00. The fourth-order valence-corrected chi connectivity index (χ4v) is 2.44. The van der Waals surface area contributed by atoms with E-state index < -0.39 is 0 Å². The van der Waals surface area contributed by atoms with Gasteiger partial charge in [0.2, 0.25) is 0 Å². The summed E-state index contributed by atoms with van der Waals surface area (Å²) < 4.78 is 7.21. The molecule has 0 radical (unpaired) electrons. The molecule has 0 aliphatic heterocycles. The highest BCUT2D eigenvalue weighted by Gasteiger charge is 2.09. The molecule has 0 spiro atoms. The Bertz CT molecular complexity index is 575. The quantitative estimate of drug-likeness (QED) is 0.834. The molecule has 0 fully saturated rings. The lowest BCUT2D eigenvalue weighted by Crippen LogP contribution is -2.12. The van der Waals surface area contributed by atoms with Crippen LogP contribution >= 0.6 is 15.9 Å². The molecule has 20 heavy (non-hydrogen) atoms. The molecule has 1 N–H and O–H groups in total. The van der Waals surface area contributed by atoms with E-state index in [9.17, 15) is 0 Å². The van der Waals surface area contributed by atoms with Crippen molar-refractivity contribution in [2.75, 3.05) is 6.54 Å². The smallest absolute Gasteiger partial charge is 0.133 e. The van der Waals surface area contributed by atoms with Gasteiger partial charge in [-0.05, 0) is 43.7 Å². The van der Waals surface area contributed by atoms with E-state index >= 15 is 0 Å². The Balaban J connectivity index is 2.34. The first-order valence-electron chi connectivity index (χ1n) is 6.85. The molecule has 0 heterocycles. The van der Waals surface area contributed by atoms with Gasteiger partial charge in [-0.2, -0.15) is 0 Å². The van der Waals surface area contributed by atoms with E-state index in [4.69, 9.17) is 4.74 Å². The van der Waals surface area contributed by atoms with E-state index in [1.807, 2.05) is 12.1 Å². The van der Waals surface area contributed by atoms with Crippen LogP contribution in [0.5, 0.6) is 11.5 Å². The molecule has 2 rings (SSSR count). The summed E-state index contributed by atoms with van der Waals surface area (Å²) in [7, 11) is 0. The molecule has 0 amide bonds. The number of rotatable bonds is 5. The highest BCUT2D eigenvalue weighted by molar-refractivity contribution is 9.10. The molecule has 2 aromatic carbocycles. The van der Waals surface area contributed by atoms with E-state index in [0.29, 0.717) is 0 Å². The zero-order chi connectivity index (χ0) is 14.5. The second kappa shape index (κ2) is 6.91. The highest BCUT2D eigenvalue weighted by Crippen LogP contribution is 2.32. The molecular formula is C17H20BrNO. The minimum absolute atomic E-state index is 0.810. The van der Waals surface area contributed by atoms with Gasteiger partial charge >= 0.3 is 0 Å². The van der Waals surface area contributed by atoms with Gasteiger partial charge in [-0.25, -0.2) is 0 Å². The van der Waals surface area contributed by atoms with Crippen LogP contribution < -0.4 is 10.1 Å². The van der Waals surface area contributed by atoms with Crippen molar-refractivity contribution in [2.24, 2.45) is 0 Å².